The van der Waals surface area contributed by atoms with Gasteiger partial charge in [0.25, 0.3) is 0 Å². The fraction of sp³-hybridized carbons (Fsp3) is 0.783. The molecule has 0 saturated carbocycles. The summed E-state index contributed by atoms with van der Waals surface area (Å²) >= 11 is 0. The van der Waals surface area contributed by atoms with Crippen LogP contribution in [-0.4, -0.2) is 74.9 Å². The average Bonchev–Trinajstić information content (AvgIpc) is 3.15. The number of rotatable bonds is 40. The van der Waals surface area contributed by atoms with Crippen molar-refractivity contribution in [2.24, 2.45) is 0 Å². The first-order valence-corrected chi connectivity index (χ1v) is 23.9. The largest absolute Gasteiger partial charge is 0.472 e. The minimum Gasteiger partial charge on any atom is -0.462 e. The van der Waals surface area contributed by atoms with Crippen molar-refractivity contribution in [1.82, 2.24) is 0 Å². The van der Waals surface area contributed by atoms with Gasteiger partial charge in [0.1, 0.15) is 19.8 Å². The molecule has 1 N–H and O–H groups in total. The molecule has 326 valence electrons. The molecule has 0 bridgehead atoms. The highest BCUT2D eigenvalue weighted by Crippen LogP contribution is 2.43. The summed E-state index contributed by atoms with van der Waals surface area (Å²) in [6, 6.07) is 0. The van der Waals surface area contributed by atoms with Crippen molar-refractivity contribution >= 4 is 19.8 Å². The number of carbonyl (C=O) groups is 2. The number of nitrogens with zero attached hydrogens (tertiary/aromatic N) is 1. The Kier molecular flexibility index (Phi) is 37.1. The zero-order chi connectivity index (χ0) is 41.4. The second-order valence-corrected chi connectivity index (χ2v) is 17.5. The quantitative estimate of drug-likeness (QED) is 0.0214. The molecular weight excluding hydrogens is 725 g/mol. The van der Waals surface area contributed by atoms with E-state index in [1.54, 1.807) is 0 Å². The van der Waals surface area contributed by atoms with Crippen molar-refractivity contribution in [3.63, 3.8) is 0 Å². The maximum Gasteiger partial charge on any atom is 0.472 e. The lowest BCUT2D eigenvalue weighted by atomic mass is 10.1. The standard InChI is InChI=1S/C46H84NO8P/c1-6-8-10-12-14-16-18-20-22-24-26-28-30-32-34-36-38-45(48)52-42-44(43-54-56(50,51)53-41-40-47(3,4)5)55-46(49)39-37-35-33-31-29-27-25-23-21-19-17-15-13-11-9-7-2/h16-19,22-25,44H,6-15,20-21,26-43H2,1-5H3/p+1/b18-16-,19-17-,24-22-,25-23-. The number of unbranched alkanes of at least 4 members (excludes halogenated alkanes) is 18. The van der Waals surface area contributed by atoms with Crippen molar-refractivity contribution in [1.29, 1.82) is 0 Å². The molecule has 10 heteroatoms. The van der Waals surface area contributed by atoms with Gasteiger partial charge in [0.15, 0.2) is 6.10 Å². The van der Waals surface area contributed by atoms with Gasteiger partial charge in [-0.25, -0.2) is 4.57 Å². The lowest BCUT2D eigenvalue weighted by Crippen LogP contribution is -2.37. The molecule has 0 aliphatic carbocycles. The average molecular weight is 811 g/mol. The number of carbonyl (C=O) groups excluding carboxylic acids is 2. The van der Waals surface area contributed by atoms with Crippen LogP contribution in [0.3, 0.4) is 0 Å². The van der Waals surface area contributed by atoms with Crippen LogP contribution in [0.5, 0.6) is 0 Å². The van der Waals surface area contributed by atoms with E-state index in [2.05, 4.69) is 62.5 Å². The maximum absolute atomic E-state index is 12.7. The van der Waals surface area contributed by atoms with Crippen molar-refractivity contribution in [3.05, 3.63) is 48.6 Å². The first kappa shape index (κ1) is 54.0. The molecule has 0 heterocycles. The van der Waals surface area contributed by atoms with Crippen LogP contribution < -0.4 is 0 Å². The van der Waals surface area contributed by atoms with Crippen LogP contribution in [0, 0.1) is 0 Å². The fourth-order valence-electron chi connectivity index (χ4n) is 5.78. The fourth-order valence-corrected chi connectivity index (χ4v) is 6.52. The summed E-state index contributed by atoms with van der Waals surface area (Å²) in [5.74, 6) is -0.832. The topological polar surface area (TPSA) is 108 Å². The number of esters is 2. The Bertz CT molecular complexity index is 1100. The molecule has 0 amide bonds. The number of likely N-dealkylation sites (N-methyl/N-ethyl adjacent to an activating group) is 1. The van der Waals surface area contributed by atoms with Gasteiger partial charge < -0.3 is 18.9 Å². The van der Waals surface area contributed by atoms with Crippen LogP contribution in [-0.2, 0) is 32.7 Å². The van der Waals surface area contributed by atoms with E-state index in [0.717, 1.165) is 83.5 Å². The molecule has 0 saturated heterocycles. The molecule has 2 unspecified atom stereocenters. The first-order valence-electron chi connectivity index (χ1n) is 22.4. The normalized spacial score (nSPS) is 14.0. The summed E-state index contributed by atoms with van der Waals surface area (Å²) in [7, 11) is 1.45. The second kappa shape index (κ2) is 38.5. The lowest BCUT2D eigenvalue weighted by Gasteiger charge is -2.24. The van der Waals surface area contributed by atoms with Gasteiger partial charge in [-0.2, -0.15) is 0 Å². The van der Waals surface area contributed by atoms with Crippen LogP contribution in [0.15, 0.2) is 48.6 Å². The molecule has 0 spiro atoms. The summed E-state index contributed by atoms with van der Waals surface area (Å²) in [6.45, 7) is 4.35. The molecule has 0 rings (SSSR count). The van der Waals surface area contributed by atoms with E-state index in [1.165, 1.54) is 64.2 Å². The van der Waals surface area contributed by atoms with E-state index in [1.807, 2.05) is 21.1 Å². The minimum atomic E-state index is -4.38. The summed E-state index contributed by atoms with van der Waals surface area (Å²) in [4.78, 5) is 35.4. The zero-order valence-corrected chi connectivity index (χ0v) is 37.5. The van der Waals surface area contributed by atoms with Gasteiger partial charge in [0.05, 0.1) is 27.7 Å². The number of hydrogen-bond acceptors (Lipinski definition) is 7. The van der Waals surface area contributed by atoms with E-state index in [9.17, 15) is 19.0 Å². The number of hydrogen-bond donors (Lipinski definition) is 1. The van der Waals surface area contributed by atoms with Crippen LogP contribution >= 0.6 is 7.82 Å². The Hall–Kier alpha value is -2.03. The Morgan fingerprint density at radius 1 is 0.554 bits per heavy atom. The van der Waals surface area contributed by atoms with Gasteiger partial charge in [0.2, 0.25) is 0 Å². The molecule has 9 nitrogen and oxygen atoms in total. The number of allylic oxidation sites excluding steroid dienone is 8. The first-order chi connectivity index (χ1) is 27.0. The zero-order valence-electron chi connectivity index (χ0n) is 36.6. The molecule has 56 heavy (non-hydrogen) atoms. The number of phosphoric ester groups is 1. The van der Waals surface area contributed by atoms with Gasteiger partial charge in [0, 0.05) is 12.8 Å². The smallest absolute Gasteiger partial charge is 0.462 e. The number of quaternary nitrogens is 1. The molecular formula is C46H85NO8P+. The van der Waals surface area contributed by atoms with E-state index in [-0.39, 0.29) is 32.0 Å². The van der Waals surface area contributed by atoms with E-state index >= 15 is 0 Å². The minimum absolute atomic E-state index is 0.0250. The maximum atomic E-state index is 12.7. The number of ether oxygens (including phenoxy) is 2. The summed E-state index contributed by atoms with van der Waals surface area (Å²) in [5, 5.41) is 0. The van der Waals surface area contributed by atoms with Crippen molar-refractivity contribution in [2.75, 3.05) is 47.5 Å². The predicted octanol–water partition coefficient (Wildman–Crippen LogP) is 12.7. The molecule has 0 radical (unpaired) electrons. The third kappa shape index (κ3) is 41.6. The molecule has 0 aromatic rings. The highest BCUT2D eigenvalue weighted by Gasteiger charge is 2.27. The third-order valence-corrected chi connectivity index (χ3v) is 10.3. The molecule has 0 aromatic heterocycles. The van der Waals surface area contributed by atoms with Gasteiger partial charge >= 0.3 is 19.8 Å². The van der Waals surface area contributed by atoms with E-state index < -0.39 is 26.5 Å². The molecule has 0 aliphatic heterocycles. The summed E-state index contributed by atoms with van der Waals surface area (Å²) in [5.41, 5.74) is 0. The SMILES string of the molecule is CCCCCC/C=C\C/C=C\CCCCCCCC(=O)OCC(COP(=O)(O)OCC[N+](C)(C)C)OC(=O)CCCCCCC/C=C\C/C=C\CCCCCC. The molecule has 0 aliphatic rings. The molecule has 0 aromatic carbocycles. The lowest BCUT2D eigenvalue weighted by molar-refractivity contribution is -0.870. The molecule has 0 fully saturated rings. The van der Waals surface area contributed by atoms with Gasteiger partial charge in [-0.1, -0.05) is 140 Å². The predicted molar refractivity (Wildman–Crippen MR) is 233 cm³/mol. The molecule has 2 atom stereocenters. The van der Waals surface area contributed by atoms with Crippen LogP contribution in [0.2, 0.25) is 0 Å². The highest BCUT2D eigenvalue weighted by atomic mass is 31.2. The van der Waals surface area contributed by atoms with E-state index in [0.29, 0.717) is 17.4 Å². The second-order valence-electron chi connectivity index (χ2n) is 16.1. The highest BCUT2D eigenvalue weighted by molar-refractivity contribution is 7.47. The Morgan fingerprint density at radius 2 is 0.964 bits per heavy atom. The summed E-state index contributed by atoms with van der Waals surface area (Å²) in [6.07, 6.45) is 44.3. The van der Waals surface area contributed by atoms with Crippen LogP contribution in [0.4, 0.5) is 0 Å². The van der Waals surface area contributed by atoms with E-state index in [4.69, 9.17) is 18.5 Å². The van der Waals surface area contributed by atoms with Crippen molar-refractivity contribution < 1.29 is 42.1 Å². The van der Waals surface area contributed by atoms with Crippen molar-refractivity contribution in [2.45, 2.75) is 187 Å². The van der Waals surface area contributed by atoms with Crippen molar-refractivity contribution in [3.8, 4) is 0 Å². The monoisotopic (exact) mass is 811 g/mol. The summed E-state index contributed by atoms with van der Waals surface area (Å²) < 4.78 is 34.3. The van der Waals surface area contributed by atoms with Crippen LogP contribution in [0.25, 0.3) is 0 Å². The van der Waals surface area contributed by atoms with Crippen LogP contribution in [0.1, 0.15) is 181 Å². The Balaban J connectivity index is 4.41. The Morgan fingerprint density at radius 3 is 1.41 bits per heavy atom. The van der Waals surface area contributed by atoms with Gasteiger partial charge in [-0.3, -0.25) is 18.6 Å². The third-order valence-electron chi connectivity index (χ3n) is 9.33. The van der Waals surface area contributed by atoms with Gasteiger partial charge in [-0.05, 0) is 77.0 Å². The number of phosphoric acid groups is 1. The Labute approximate surface area is 343 Å². The van der Waals surface area contributed by atoms with Gasteiger partial charge in [-0.15, -0.1) is 0 Å².